The van der Waals surface area contributed by atoms with Crippen molar-refractivity contribution in [1.29, 1.82) is 0 Å². The zero-order chi connectivity index (χ0) is 21.5. The number of aryl methyl sites for hydroxylation is 1. The highest BCUT2D eigenvalue weighted by Crippen LogP contribution is 2.34. The molecule has 0 bridgehead atoms. The lowest BCUT2D eigenvalue weighted by molar-refractivity contribution is -0.137. The maximum absolute atomic E-state index is 12.8. The molecule has 0 saturated carbocycles. The number of aliphatic hydroxyl groups is 2. The second-order valence-electron chi connectivity index (χ2n) is 7.09. The van der Waals surface area contributed by atoms with Gasteiger partial charge in [-0.25, -0.2) is 4.98 Å². The van der Waals surface area contributed by atoms with Crippen LogP contribution in [0.1, 0.15) is 21.7 Å². The summed E-state index contributed by atoms with van der Waals surface area (Å²) in [5.74, 6) is 0. The molecule has 4 aromatic rings. The Labute approximate surface area is 174 Å². The average molecular weight is 432 g/mol. The van der Waals surface area contributed by atoms with Gasteiger partial charge in [0.25, 0.3) is 0 Å². The number of para-hydroxylation sites is 1. The third-order valence-electron chi connectivity index (χ3n) is 4.94. The number of aliphatic hydroxyl groups excluding tert-OH is 1. The molecule has 0 aliphatic heterocycles. The Balaban J connectivity index is 1.65. The van der Waals surface area contributed by atoms with E-state index in [1.165, 1.54) is 23.5 Å². The second-order valence-corrected chi connectivity index (χ2v) is 8.17. The number of hydrogen-bond acceptors (Lipinski definition) is 4. The molecule has 0 aliphatic carbocycles. The number of benzene rings is 2. The molecular formula is C22H19F3N2O2S. The Morgan fingerprint density at radius 3 is 2.43 bits per heavy atom. The number of thiazole rings is 1. The summed E-state index contributed by atoms with van der Waals surface area (Å²) in [6, 6.07) is 12.8. The van der Waals surface area contributed by atoms with Crippen LogP contribution in [0.25, 0.3) is 21.5 Å². The van der Waals surface area contributed by atoms with Crippen LogP contribution >= 0.6 is 11.3 Å². The number of nitrogens with zero attached hydrogens (tertiary/aromatic N) is 2. The van der Waals surface area contributed by atoms with Crippen LogP contribution in [0.2, 0.25) is 0 Å². The van der Waals surface area contributed by atoms with Crippen molar-refractivity contribution in [3.05, 3.63) is 76.4 Å². The highest BCUT2D eigenvalue weighted by atomic mass is 32.1. The Hall–Kier alpha value is -2.68. The monoisotopic (exact) mass is 432 g/mol. The molecule has 0 fully saturated rings. The van der Waals surface area contributed by atoms with Gasteiger partial charge in [-0.3, -0.25) is 0 Å². The zero-order valence-corrected chi connectivity index (χ0v) is 16.8. The van der Waals surface area contributed by atoms with Crippen molar-refractivity contribution in [1.82, 2.24) is 9.55 Å². The van der Waals surface area contributed by atoms with Crippen molar-refractivity contribution < 1.29 is 23.4 Å². The molecule has 4 nitrogen and oxygen atoms in total. The van der Waals surface area contributed by atoms with Crippen molar-refractivity contribution >= 4 is 22.2 Å². The first-order chi connectivity index (χ1) is 14.2. The van der Waals surface area contributed by atoms with Gasteiger partial charge >= 0.3 is 6.18 Å². The molecule has 8 heteroatoms. The Kier molecular flexibility index (Phi) is 5.40. The molecule has 30 heavy (non-hydrogen) atoms. The van der Waals surface area contributed by atoms with Crippen LogP contribution < -0.4 is 0 Å². The molecule has 2 aromatic heterocycles. The first-order valence-corrected chi connectivity index (χ1v) is 10.1. The van der Waals surface area contributed by atoms with E-state index in [1.54, 1.807) is 0 Å². The molecule has 2 N–H and O–H groups in total. The Morgan fingerprint density at radius 2 is 1.77 bits per heavy atom. The molecule has 0 saturated heterocycles. The number of aromatic nitrogens is 2. The number of halogens is 3. The second kappa shape index (κ2) is 7.86. The minimum atomic E-state index is -4.36. The molecule has 0 amide bonds. The van der Waals surface area contributed by atoms with E-state index in [-0.39, 0.29) is 6.42 Å². The molecule has 0 atom stereocenters. The Bertz CT molecular complexity index is 1180. The lowest BCUT2D eigenvalue weighted by atomic mass is 10.1. The highest BCUT2D eigenvalue weighted by Gasteiger charge is 2.30. The third kappa shape index (κ3) is 4.12. The molecule has 0 radical (unpaired) electrons. The van der Waals surface area contributed by atoms with Gasteiger partial charge in [0, 0.05) is 34.0 Å². The maximum Gasteiger partial charge on any atom is 0.416 e. The smallest absolute Gasteiger partial charge is 0.368 e. The molecular weight excluding hydrogens is 413 g/mol. The normalized spacial score (nSPS) is 12.2. The van der Waals surface area contributed by atoms with Crippen molar-refractivity contribution in [2.24, 2.45) is 0 Å². The van der Waals surface area contributed by atoms with E-state index >= 15 is 0 Å². The van der Waals surface area contributed by atoms with Crippen LogP contribution in [0.3, 0.4) is 0 Å². The molecule has 4 rings (SSSR count). The van der Waals surface area contributed by atoms with Crippen molar-refractivity contribution in [2.75, 3.05) is 0 Å². The fourth-order valence-electron chi connectivity index (χ4n) is 3.47. The van der Waals surface area contributed by atoms with E-state index in [0.717, 1.165) is 39.2 Å². The summed E-state index contributed by atoms with van der Waals surface area (Å²) in [6.07, 6.45) is -3.76. The molecule has 2 aromatic carbocycles. The SMILES string of the molecule is Cc1nc(-c2ccc(C(F)(F)F)cc2)sc1Cn1cc(CC(O)O)c2ccccc21. The van der Waals surface area contributed by atoms with Crippen LogP contribution in [-0.4, -0.2) is 26.1 Å². The van der Waals surface area contributed by atoms with Gasteiger partial charge in [0.05, 0.1) is 17.8 Å². The van der Waals surface area contributed by atoms with Gasteiger partial charge in [0.15, 0.2) is 6.29 Å². The lowest BCUT2D eigenvalue weighted by Crippen LogP contribution is -2.07. The average Bonchev–Trinajstić information content (AvgIpc) is 3.22. The van der Waals surface area contributed by atoms with Gasteiger partial charge in [-0.05, 0) is 30.7 Å². The number of rotatable bonds is 5. The third-order valence-corrected chi connectivity index (χ3v) is 6.13. The maximum atomic E-state index is 12.8. The molecule has 0 spiro atoms. The summed E-state index contributed by atoms with van der Waals surface area (Å²) in [7, 11) is 0. The predicted molar refractivity (Wildman–Crippen MR) is 110 cm³/mol. The lowest BCUT2D eigenvalue weighted by Gasteiger charge is -2.06. The summed E-state index contributed by atoms with van der Waals surface area (Å²) in [6.45, 7) is 2.41. The minimum absolute atomic E-state index is 0.131. The number of fused-ring (bicyclic) bond motifs is 1. The molecule has 2 heterocycles. The summed E-state index contributed by atoms with van der Waals surface area (Å²) < 4.78 is 40.4. The van der Waals surface area contributed by atoms with Gasteiger partial charge < -0.3 is 14.8 Å². The quantitative estimate of drug-likeness (QED) is 0.437. The van der Waals surface area contributed by atoms with Crippen LogP contribution in [0.15, 0.2) is 54.7 Å². The van der Waals surface area contributed by atoms with E-state index in [0.29, 0.717) is 17.1 Å². The van der Waals surface area contributed by atoms with Crippen LogP contribution in [0, 0.1) is 6.92 Å². The molecule has 156 valence electrons. The van der Waals surface area contributed by atoms with Crippen LogP contribution in [0.5, 0.6) is 0 Å². The number of hydrogen-bond donors (Lipinski definition) is 2. The van der Waals surface area contributed by atoms with E-state index in [2.05, 4.69) is 4.98 Å². The summed E-state index contributed by atoms with van der Waals surface area (Å²) in [5.41, 5.74) is 2.58. The van der Waals surface area contributed by atoms with Gasteiger partial charge in [-0.1, -0.05) is 30.3 Å². The van der Waals surface area contributed by atoms with E-state index in [9.17, 15) is 23.4 Å². The fraction of sp³-hybridized carbons (Fsp3) is 0.227. The standard InChI is InChI=1S/C22H19F3N2O2S/c1-13-19(30-21(26-13)14-6-8-16(9-7-14)22(23,24)25)12-27-11-15(10-20(28)29)17-4-2-3-5-18(17)27/h2-9,11,20,28-29H,10,12H2,1H3. The minimum Gasteiger partial charge on any atom is -0.368 e. The topological polar surface area (TPSA) is 58.3 Å². The van der Waals surface area contributed by atoms with Crippen molar-refractivity contribution in [3.8, 4) is 10.6 Å². The summed E-state index contributed by atoms with van der Waals surface area (Å²) in [5, 5.41) is 20.4. The zero-order valence-electron chi connectivity index (χ0n) is 16.0. The summed E-state index contributed by atoms with van der Waals surface area (Å²) >= 11 is 1.44. The van der Waals surface area contributed by atoms with E-state index in [4.69, 9.17) is 0 Å². The van der Waals surface area contributed by atoms with Gasteiger partial charge in [-0.15, -0.1) is 11.3 Å². The van der Waals surface area contributed by atoms with Crippen LogP contribution in [0.4, 0.5) is 13.2 Å². The van der Waals surface area contributed by atoms with Gasteiger partial charge in [0.2, 0.25) is 0 Å². The largest absolute Gasteiger partial charge is 0.416 e. The molecule has 0 aliphatic rings. The van der Waals surface area contributed by atoms with Crippen LogP contribution in [-0.2, 0) is 19.1 Å². The van der Waals surface area contributed by atoms with Crippen molar-refractivity contribution in [2.45, 2.75) is 32.4 Å². The van der Waals surface area contributed by atoms with Gasteiger partial charge in [-0.2, -0.15) is 13.2 Å². The fourth-order valence-corrected chi connectivity index (χ4v) is 4.53. The Morgan fingerprint density at radius 1 is 1.07 bits per heavy atom. The summed E-state index contributed by atoms with van der Waals surface area (Å²) in [4.78, 5) is 5.54. The van der Waals surface area contributed by atoms with Crippen molar-refractivity contribution in [3.63, 3.8) is 0 Å². The van der Waals surface area contributed by atoms with E-state index < -0.39 is 18.0 Å². The molecule has 0 unspecified atom stereocenters. The highest BCUT2D eigenvalue weighted by molar-refractivity contribution is 7.15. The first-order valence-electron chi connectivity index (χ1n) is 9.29. The first kappa shape index (κ1) is 20.6. The van der Waals surface area contributed by atoms with Gasteiger partial charge in [0.1, 0.15) is 5.01 Å². The number of alkyl halides is 3. The van der Waals surface area contributed by atoms with E-state index in [1.807, 2.05) is 42.0 Å². The predicted octanol–water partition coefficient (Wildman–Crippen LogP) is 4.99.